The van der Waals surface area contributed by atoms with Gasteiger partial charge in [-0.05, 0) is 65.3 Å². The monoisotopic (exact) mass is 464 g/mol. The van der Waals surface area contributed by atoms with Crippen LogP contribution in [0.5, 0.6) is 0 Å². The van der Waals surface area contributed by atoms with Crippen LogP contribution in [0.3, 0.4) is 0 Å². The third kappa shape index (κ3) is 4.26. The van der Waals surface area contributed by atoms with Crippen molar-refractivity contribution in [2.45, 2.75) is 84.5 Å². The van der Waals surface area contributed by atoms with E-state index < -0.39 is 53.8 Å². The van der Waals surface area contributed by atoms with Gasteiger partial charge in [-0.15, -0.1) is 0 Å². The Morgan fingerprint density at radius 1 is 0.586 bits per heavy atom. The van der Waals surface area contributed by atoms with Gasteiger partial charge >= 0.3 is 0 Å². The summed E-state index contributed by atoms with van der Waals surface area (Å²) in [5.74, 6) is -1.77. The molecule has 168 valence electrons. The van der Waals surface area contributed by atoms with Crippen molar-refractivity contribution in [2.75, 3.05) is 0 Å². The van der Waals surface area contributed by atoms with Crippen molar-refractivity contribution in [1.29, 1.82) is 0 Å². The topological polar surface area (TPSA) is 0 Å². The number of hydrogen-bond donors (Lipinski definition) is 0. The first-order valence-corrected chi connectivity index (χ1v) is 10.2. The molecule has 0 fully saturated rings. The van der Waals surface area contributed by atoms with Gasteiger partial charge in [0.15, 0.2) is 0 Å². The van der Waals surface area contributed by atoms with Gasteiger partial charge in [0.2, 0.25) is 0 Å². The molecule has 8 heteroatoms. The molecule has 0 aliphatic rings. The van der Waals surface area contributed by atoms with E-state index in [1.807, 2.05) is 0 Å². The van der Waals surface area contributed by atoms with Gasteiger partial charge in [-0.2, -0.15) is 0 Å². The molecule has 0 bridgehead atoms. The number of hydrogen-bond acceptors (Lipinski definition) is 0. The minimum Gasteiger partial charge on any atom is -0.247 e. The van der Waals surface area contributed by atoms with Crippen molar-refractivity contribution in [3.05, 3.63) is 33.8 Å². The van der Waals surface area contributed by atoms with Crippen LogP contribution in [-0.2, 0) is 0 Å². The van der Waals surface area contributed by atoms with Gasteiger partial charge in [-0.1, -0.05) is 23.2 Å². The smallest absolute Gasteiger partial charge is 0.109 e. The Morgan fingerprint density at radius 3 is 1.14 bits per heavy atom. The van der Waals surface area contributed by atoms with E-state index in [1.165, 1.54) is 18.2 Å². The zero-order chi connectivity index (χ0) is 22.9. The maximum Gasteiger partial charge on any atom is 0.109 e. The first-order valence-electron chi connectivity index (χ1n) is 9.49. The van der Waals surface area contributed by atoms with Crippen molar-refractivity contribution in [1.82, 2.24) is 0 Å². The lowest BCUT2D eigenvalue weighted by atomic mass is 9.47. The van der Waals surface area contributed by atoms with Crippen molar-refractivity contribution in [3.63, 3.8) is 0 Å². The number of alkyl halides is 6. The van der Waals surface area contributed by atoms with E-state index in [-0.39, 0.29) is 15.6 Å². The predicted octanol–water partition coefficient (Wildman–Crippen LogP) is 8.20. The van der Waals surface area contributed by atoms with Crippen molar-refractivity contribution in [3.8, 4) is 0 Å². The van der Waals surface area contributed by atoms with Gasteiger partial charge in [0, 0.05) is 16.0 Å². The molecule has 0 aromatic heterocycles. The van der Waals surface area contributed by atoms with Gasteiger partial charge in [0.1, 0.15) is 37.0 Å². The van der Waals surface area contributed by atoms with E-state index in [4.69, 9.17) is 23.2 Å². The number of halogens is 8. The molecule has 7 atom stereocenters. The zero-order valence-corrected chi connectivity index (χ0v) is 18.8. The van der Waals surface area contributed by atoms with Crippen LogP contribution in [0.2, 0.25) is 10.0 Å². The summed E-state index contributed by atoms with van der Waals surface area (Å²) in [4.78, 5) is 0. The van der Waals surface area contributed by atoms with Crippen LogP contribution in [0.4, 0.5) is 26.3 Å². The maximum atomic E-state index is 15.4. The molecule has 0 spiro atoms. The van der Waals surface area contributed by atoms with Crippen LogP contribution in [-0.4, -0.2) is 37.0 Å². The molecule has 1 aromatic carbocycles. The molecule has 0 saturated carbocycles. The van der Waals surface area contributed by atoms with E-state index in [0.29, 0.717) is 0 Å². The molecule has 0 saturated heterocycles. The first kappa shape index (κ1) is 26.4. The van der Waals surface area contributed by atoms with Crippen molar-refractivity contribution in [2.24, 2.45) is 10.8 Å². The highest BCUT2D eigenvalue weighted by Gasteiger charge is 2.71. The lowest BCUT2D eigenvalue weighted by Crippen LogP contribution is -2.67. The Labute approximate surface area is 179 Å². The predicted molar refractivity (Wildman–Crippen MR) is 107 cm³/mol. The highest BCUT2D eigenvalue weighted by atomic mass is 35.5. The third-order valence-corrected chi connectivity index (χ3v) is 6.70. The molecular weight excluding hydrogens is 437 g/mol. The molecule has 0 radical (unpaired) electrons. The van der Waals surface area contributed by atoms with Crippen LogP contribution in [0.15, 0.2) is 18.2 Å². The fraction of sp³-hybridized carbons (Fsp3) is 0.714. The second kappa shape index (κ2) is 9.67. The molecule has 0 amide bonds. The molecule has 0 nitrogen and oxygen atoms in total. The van der Waals surface area contributed by atoms with Gasteiger partial charge in [0.05, 0.1) is 10.8 Å². The lowest BCUT2D eigenvalue weighted by Gasteiger charge is -2.59. The maximum absolute atomic E-state index is 15.4. The van der Waals surface area contributed by atoms with E-state index in [1.54, 1.807) is 0 Å². The summed E-state index contributed by atoms with van der Waals surface area (Å²) in [6.07, 6.45) is -13.7. The molecular formula is C21H28Cl2F6. The molecule has 0 aliphatic carbocycles. The molecule has 29 heavy (non-hydrogen) atoms. The van der Waals surface area contributed by atoms with Crippen LogP contribution in [0, 0.1) is 10.8 Å². The SMILES string of the molecule is CC(F)C(c1cc(Cl)cc(Cl)c1)C(C(C)F)(C(C)F)C(C(C)F)(C(C)F)C(C)F. The van der Waals surface area contributed by atoms with Crippen molar-refractivity contribution < 1.29 is 26.3 Å². The molecule has 1 rings (SSSR count). The average Bonchev–Trinajstić information content (AvgIpc) is 2.51. The standard InChI is InChI=1S/C21H28Cl2F6/c1-10(24)19(16-7-17(22)9-18(23)8-16)21(14(5)28,15(6)29)20(11(2)25,12(3)26)13(4)27/h7-15,19H,1-6H3. The summed E-state index contributed by atoms with van der Waals surface area (Å²) in [6.45, 7) is 5.29. The van der Waals surface area contributed by atoms with E-state index in [0.717, 1.165) is 41.5 Å². The third-order valence-electron chi connectivity index (χ3n) is 6.26. The van der Waals surface area contributed by atoms with Crippen LogP contribution in [0.1, 0.15) is 53.0 Å². The van der Waals surface area contributed by atoms with Crippen LogP contribution in [0.25, 0.3) is 0 Å². The minimum absolute atomic E-state index is 0.0468. The first-order chi connectivity index (χ1) is 13.2. The Bertz CT molecular complexity index is 623. The zero-order valence-electron chi connectivity index (χ0n) is 17.3. The highest BCUT2D eigenvalue weighted by Crippen LogP contribution is 2.64. The fourth-order valence-electron chi connectivity index (χ4n) is 5.43. The van der Waals surface area contributed by atoms with Crippen LogP contribution >= 0.6 is 23.2 Å². The summed E-state index contributed by atoms with van der Waals surface area (Å²) in [6, 6.07) is 3.78. The molecule has 0 N–H and O–H groups in total. The minimum atomic E-state index is -2.82. The normalized spacial score (nSPS) is 23.8. The van der Waals surface area contributed by atoms with Crippen LogP contribution < -0.4 is 0 Å². The molecule has 7 unspecified atom stereocenters. The fourth-order valence-corrected chi connectivity index (χ4v) is 5.97. The Kier molecular flexibility index (Phi) is 8.81. The van der Waals surface area contributed by atoms with E-state index in [9.17, 15) is 0 Å². The summed E-state index contributed by atoms with van der Waals surface area (Å²) in [7, 11) is 0. The van der Waals surface area contributed by atoms with Gasteiger partial charge in [0.25, 0.3) is 0 Å². The second-order valence-corrected chi connectivity index (χ2v) is 8.68. The number of rotatable bonds is 9. The highest BCUT2D eigenvalue weighted by molar-refractivity contribution is 6.34. The Balaban J connectivity index is 4.17. The Morgan fingerprint density at radius 2 is 0.897 bits per heavy atom. The van der Waals surface area contributed by atoms with Gasteiger partial charge < -0.3 is 0 Å². The quantitative estimate of drug-likeness (QED) is 0.323. The average molecular weight is 465 g/mol. The number of benzene rings is 1. The summed E-state index contributed by atoms with van der Waals surface area (Å²) < 4.78 is 91.0. The molecule has 0 aliphatic heterocycles. The largest absolute Gasteiger partial charge is 0.247 e. The molecule has 1 aromatic rings. The summed E-state index contributed by atoms with van der Waals surface area (Å²) >= 11 is 12.0. The van der Waals surface area contributed by atoms with E-state index in [2.05, 4.69) is 0 Å². The second-order valence-electron chi connectivity index (χ2n) is 7.80. The summed E-state index contributed by atoms with van der Waals surface area (Å²) in [5, 5.41) is 0.0936. The summed E-state index contributed by atoms with van der Waals surface area (Å²) in [5.41, 5.74) is -5.63. The lowest BCUT2D eigenvalue weighted by molar-refractivity contribution is -0.206. The van der Waals surface area contributed by atoms with E-state index >= 15 is 26.3 Å². The van der Waals surface area contributed by atoms with Gasteiger partial charge in [-0.25, -0.2) is 26.3 Å². The molecule has 0 heterocycles. The van der Waals surface area contributed by atoms with Crippen molar-refractivity contribution >= 4 is 23.2 Å². The van der Waals surface area contributed by atoms with Gasteiger partial charge in [-0.3, -0.25) is 0 Å². The Hall–Kier alpha value is -0.620.